The van der Waals surface area contributed by atoms with Crippen LogP contribution in [0.15, 0.2) is 0 Å². The monoisotopic (exact) mass is 226 g/mol. The van der Waals surface area contributed by atoms with Crippen LogP contribution in [0.25, 0.3) is 0 Å². The highest BCUT2D eigenvalue weighted by Gasteiger charge is 2.35. The van der Waals surface area contributed by atoms with Gasteiger partial charge in [-0.1, -0.05) is 6.92 Å². The minimum absolute atomic E-state index is 0.185. The maximum absolute atomic E-state index is 12.2. The van der Waals surface area contributed by atoms with E-state index < -0.39 is 0 Å². The summed E-state index contributed by atoms with van der Waals surface area (Å²) in [6.45, 7) is 4.57. The molecule has 0 saturated carbocycles. The molecule has 4 nitrogen and oxygen atoms in total. The average Bonchev–Trinajstić information content (AvgIpc) is 2.74. The third-order valence-corrected chi connectivity index (χ3v) is 3.77. The third-order valence-electron chi connectivity index (χ3n) is 3.77. The van der Waals surface area contributed by atoms with Crippen molar-refractivity contribution in [2.45, 2.75) is 38.3 Å². The Bertz CT molecular complexity index is 257. The fourth-order valence-electron chi connectivity index (χ4n) is 2.60. The molecule has 0 aromatic rings. The summed E-state index contributed by atoms with van der Waals surface area (Å²) in [6, 6.07) is 0.453. The van der Waals surface area contributed by atoms with Crippen LogP contribution in [-0.2, 0) is 9.53 Å². The van der Waals surface area contributed by atoms with Crippen molar-refractivity contribution >= 4 is 5.91 Å². The molecule has 2 heterocycles. The second-order valence-corrected chi connectivity index (χ2v) is 4.97. The molecule has 3 atom stereocenters. The number of ether oxygens (including phenoxy) is 1. The Labute approximate surface area is 97.3 Å². The topological polar surface area (TPSA) is 41.6 Å². The lowest BCUT2D eigenvalue weighted by Gasteiger charge is -2.34. The standard InChI is InChI=1S/C12H22N2O2/c1-9-5-7-16-11(9)12(15)14-6-3-4-10(8-14)13-2/h9-11,13H,3-8H2,1-2H3. The van der Waals surface area contributed by atoms with E-state index in [2.05, 4.69) is 12.2 Å². The van der Waals surface area contributed by atoms with E-state index >= 15 is 0 Å². The molecule has 2 fully saturated rings. The lowest BCUT2D eigenvalue weighted by molar-refractivity contribution is -0.143. The number of hydrogen-bond donors (Lipinski definition) is 1. The first kappa shape index (κ1) is 11.9. The van der Waals surface area contributed by atoms with E-state index in [1.54, 1.807) is 0 Å². The molecule has 0 aromatic heterocycles. The molecule has 4 heteroatoms. The summed E-state index contributed by atoms with van der Waals surface area (Å²) in [5, 5.41) is 3.26. The van der Waals surface area contributed by atoms with Gasteiger partial charge < -0.3 is 15.0 Å². The highest BCUT2D eigenvalue weighted by molar-refractivity contribution is 5.81. The Balaban J connectivity index is 1.93. The number of rotatable bonds is 2. The van der Waals surface area contributed by atoms with Gasteiger partial charge in [0.1, 0.15) is 6.10 Å². The zero-order valence-electron chi connectivity index (χ0n) is 10.2. The summed E-state index contributed by atoms with van der Waals surface area (Å²) >= 11 is 0. The van der Waals surface area contributed by atoms with Crippen molar-refractivity contribution in [3.63, 3.8) is 0 Å². The average molecular weight is 226 g/mol. The highest BCUT2D eigenvalue weighted by atomic mass is 16.5. The molecule has 0 spiro atoms. The van der Waals surface area contributed by atoms with Crippen molar-refractivity contribution in [1.29, 1.82) is 0 Å². The van der Waals surface area contributed by atoms with Crippen molar-refractivity contribution in [3.05, 3.63) is 0 Å². The number of likely N-dealkylation sites (N-methyl/N-ethyl adjacent to an activating group) is 1. The molecule has 2 aliphatic rings. The molecule has 1 amide bonds. The molecule has 2 rings (SSSR count). The van der Waals surface area contributed by atoms with Gasteiger partial charge in [0.2, 0.25) is 0 Å². The zero-order chi connectivity index (χ0) is 11.5. The summed E-state index contributed by atoms with van der Waals surface area (Å²) in [5.74, 6) is 0.576. The molecule has 2 aliphatic heterocycles. The summed E-state index contributed by atoms with van der Waals surface area (Å²) in [7, 11) is 1.97. The number of amides is 1. The van der Waals surface area contributed by atoms with E-state index in [0.717, 1.165) is 32.5 Å². The maximum atomic E-state index is 12.2. The molecule has 0 aromatic carbocycles. The first-order chi connectivity index (χ1) is 7.72. The predicted octanol–water partition coefficient (Wildman–Crippen LogP) is 0.622. The second kappa shape index (κ2) is 5.15. The third kappa shape index (κ3) is 2.38. The van der Waals surface area contributed by atoms with Gasteiger partial charge in [-0.2, -0.15) is 0 Å². The Hall–Kier alpha value is -0.610. The lowest BCUT2D eigenvalue weighted by Crippen LogP contribution is -2.50. The molecule has 92 valence electrons. The van der Waals surface area contributed by atoms with Gasteiger partial charge in [-0.3, -0.25) is 4.79 Å². The van der Waals surface area contributed by atoms with Gasteiger partial charge in [-0.25, -0.2) is 0 Å². The summed E-state index contributed by atoms with van der Waals surface area (Å²) in [6.07, 6.45) is 3.09. The van der Waals surface area contributed by atoms with E-state index in [0.29, 0.717) is 12.0 Å². The predicted molar refractivity (Wildman–Crippen MR) is 62.2 cm³/mol. The summed E-state index contributed by atoms with van der Waals surface area (Å²) in [5.41, 5.74) is 0. The number of hydrogen-bond acceptors (Lipinski definition) is 3. The van der Waals surface area contributed by atoms with E-state index in [4.69, 9.17) is 4.74 Å². The molecular weight excluding hydrogens is 204 g/mol. The van der Waals surface area contributed by atoms with Crippen LogP contribution in [0, 0.1) is 5.92 Å². The quantitative estimate of drug-likeness (QED) is 0.750. The fourth-order valence-corrected chi connectivity index (χ4v) is 2.60. The normalized spacial score (nSPS) is 35.4. The molecular formula is C12H22N2O2. The van der Waals surface area contributed by atoms with E-state index in [1.807, 2.05) is 11.9 Å². The molecule has 0 radical (unpaired) electrons. The zero-order valence-corrected chi connectivity index (χ0v) is 10.2. The largest absolute Gasteiger partial charge is 0.368 e. The number of nitrogens with one attached hydrogen (secondary N) is 1. The van der Waals surface area contributed by atoms with E-state index in [1.165, 1.54) is 6.42 Å². The smallest absolute Gasteiger partial charge is 0.252 e. The highest BCUT2D eigenvalue weighted by Crippen LogP contribution is 2.23. The SMILES string of the molecule is CNC1CCCN(C(=O)C2OCCC2C)C1. The number of carbonyl (C=O) groups is 1. The minimum Gasteiger partial charge on any atom is -0.368 e. The molecule has 0 bridgehead atoms. The van der Waals surface area contributed by atoms with Crippen molar-refractivity contribution in [1.82, 2.24) is 10.2 Å². The Morgan fingerprint density at radius 1 is 1.44 bits per heavy atom. The molecule has 0 aliphatic carbocycles. The van der Waals surface area contributed by atoms with Gasteiger partial charge >= 0.3 is 0 Å². The van der Waals surface area contributed by atoms with Crippen molar-refractivity contribution in [3.8, 4) is 0 Å². The first-order valence-electron chi connectivity index (χ1n) is 6.30. The fraction of sp³-hybridized carbons (Fsp3) is 0.917. The molecule has 2 saturated heterocycles. The lowest BCUT2D eigenvalue weighted by atomic mass is 10.0. The first-order valence-corrected chi connectivity index (χ1v) is 6.30. The van der Waals surface area contributed by atoms with Crippen LogP contribution in [0.4, 0.5) is 0 Å². The Morgan fingerprint density at radius 3 is 2.88 bits per heavy atom. The Morgan fingerprint density at radius 2 is 2.25 bits per heavy atom. The summed E-state index contributed by atoms with van der Waals surface area (Å²) in [4.78, 5) is 14.2. The molecule has 1 N–H and O–H groups in total. The van der Waals surface area contributed by atoms with Crippen LogP contribution in [-0.4, -0.2) is 49.7 Å². The van der Waals surface area contributed by atoms with Crippen LogP contribution < -0.4 is 5.32 Å². The van der Waals surface area contributed by atoms with Crippen molar-refractivity contribution < 1.29 is 9.53 Å². The maximum Gasteiger partial charge on any atom is 0.252 e. The molecule has 3 unspecified atom stereocenters. The van der Waals surface area contributed by atoms with Gasteiger partial charge in [0.15, 0.2) is 0 Å². The number of likely N-dealkylation sites (tertiary alicyclic amines) is 1. The van der Waals surface area contributed by atoms with E-state index in [9.17, 15) is 4.79 Å². The molecule has 16 heavy (non-hydrogen) atoms. The van der Waals surface area contributed by atoms with Crippen molar-refractivity contribution in [2.75, 3.05) is 26.7 Å². The minimum atomic E-state index is -0.185. The van der Waals surface area contributed by atoms with Crippen LogP contribution in [0.1, 0.15) is 26.2 Å². The van der Waals surface area contributed by atoms with Crippen LogP contribution >= 0.6 is 0 Å². The number of piperidine rings is 1. The number of carbonyl (C=O) groups excluding carboxylic acids is 1. The van der Waals surface area contributed by atoms with Gasteiger partial charge in [-0.15, -0.1) is 0 Å². The van der Waals surface area contributed by atoms with E-state index in [-0.39, 0.29) is 12.0 Å². The van der Waals surface area contributed by atoms with Gasteiger partial charge in [-0.05, 0) is 32.2 Å². The number of nitrogens with zero attached hydrogens (tertiary/aromatic N) is 1. The van der Waals surface area contributed by atoms with Crippen LogP contribution in [0.3, 0.4) is 0 Å². The van der Waals surface area contributed by atoms with Gasteiger partial charge in [0.05, 0.1) is 0 Å². The Kier molecular flexibility index (Phi) is 3.82. The van der Waals surface area contributed by atoms with Crippen LogP contribution in [0.5, 0.6) is 0 Å². The van der Waals surface area contributed by atoms with Gasteiger partial charge in [0, 0.05) is 25.7 Å². The second-order valence-electron chi connectivity index (χ2n) is 4.97. The van der Waals surface area contributed by atoms with Crippen LogP contribution in [0.2, 0.25) is 0 Å². The van der Waals surface area contributed by atoms with Crippen molar-refractivity contribution in [2.24, 2.45) is 5.92 Å². The summed E-state index contributed by atoms with van der Waals surface area (Å²) < 4.78 is 5.54. The van der Waals surface area contributed by atoms with Gasteiger partial charge in [0.25, 0.3) is 5.91 Å².